The average molecular weight is 314 g/mol. The summed E-state index contributed by atoms with van der Waals surface area (Å²) < 4.78 is 5.09. The van der Waals surface area contributed by atoms with Gasteiger partial charge >= 0.3 is 0 Å². The van der Waals surface area contributed by atoms with E-state index in [1.165, 1.54) is 17.1 Å². The number of hydrogen-bond donors (Lipinski definition) is 1. The maximum Gasteiger partial charge on any atom is 0.174 e. The number of aryl methyl sites for hydroxylation is 1. The van der Waals surface area contributed by atoms with Gasteiger partial charge in [-0.1, -0.05) is 36.4 Å². The summed E-state index contributed by atoms with van der Waals surface area (Å²) in [6.45, 7) is 5.93. The number of nitrogens with one attached hydrogen (secondary N) is 1. The van der Waals surface area contributed by atoms with Gasteiger partial charge in [0.15, 0.2) is 4.34 Å². The van der Waals surface area contributed by atoms with Crippen LogP contribution in [0.2, 0.25) is 5.02 Å². The Morgan fingerprint density at radius 2 is 2.26 bits per heavy atom. The van der Waals surface area contributed by atoms with E-state index in [-0.39, 0.29) is 0 Å². The molecule has 0 atom stereocenters. The van der Waals surface area contributed by atoms with Crippen molar-refractivity contribution in [3.63, 3.8) is 0 Å². The van der Waals surface area contributed by atoms with E-state index in [4.69, 9.17) is 11.6 Å². The zero-order valence-corrected chi connectivity index (χ0v) is 13.3. The third-order valence-electron chi connectivity index (χ3n) is 2.46. The van der Waals surface area contributed by atoms with Crippen LogP contribution in [0.5, 0.6) is 0 Å². The molecule has 102 valence electrons. The Balaban J connectivity index is 2.02. The van der Waals surface area contributed by atoms with Crippen molar-refractivity contribution in [2.45, 2.75) is 36.0 Å². The van der Waals surface area contributed by atoms with Gasteiger partial charge in [-0.15, -0.1) is 0 Å². The van der Waals surface area contributed by atoms with Gasteiger partial charge in [0.2, 0.25) is 0 Å². The fourth-order valence-electron chi connectivity index (χ4n) is 1.56. The maximum absolute atomic E-state index is 6.31. The predicted molar refractivity (Wildman–Crippen MR) is 82.2 cm³/mol. The Bertz CT molecular complexity index is 542. The van der Waals surface area contributed by atoms with E-state index in [1.807, 2.05) is 19.1 Å². The zero-order chi connectivity index (χ0) is 13.7. The van der Waals surface area contributed by atoms with Crippen LogP contribution in [0.15, 0.2) is 27.4 Å². The summed E-state index contributed by atoms with van der Waals surface area (Å²) >= 11 is 9.28. The first-order valence-electron chi connectivity index (χ1n) is 6.16. The van der Waals surface area contributed by atoms with Crippen LogP contribution in [-0.2, 0) is 6.54 Å². The highest BCUT2D eigenvalue weighted by Crippen LogP contribution is 2.34. The molecule has 6 heteroatoms. The Morgan fingerprint density at radius 3 is 2.89 bits per heavy atom. The lowest BCUT2D eigenvalue weighted by atomic mass is 10.2. The average Bonchev–Trinajstić information content (AvgIpc) is 2.79. The van der Waals surface area contributed by atoms with E-state index < -0.39 is 0 Å². The molecule has 0 saturated heterocycles. The van der Waals surface area contributed by atoms with Gasteiger partial charge in [-0.05, 0) is 49.1 Å². The molecule has 1 N–H and O–H groups in total. The van der Waals surface area contributed by atoms with Crippen LogP contribution in [-0.4, -0.2) is 15.9 Å². The van der Waals surface area contributed by atoms with Crippen LogP contribution in [0.1, 0.15) is 24.7 Å². The lowest BCUT2D eigenvalue weighted by Gasteiger charge is -2.06. The summed E-state index contributed by atoms with van der Waals surface area (Å²) in [5.74, 6) is 0.809. The second kappa shape index (κ2) is 7.24. The highest BCUT2D eigenvalue weighted by molar-refractivity contribution is 8.01. The molecule has 0 aliphatic heterocycles. The molecule has 0 aliphatic carbocycles. The summed E-state index contributed by atoms with van der Waals surface area (Å²) in [7, 11) is 0. The minimum absolute atomic E-state index is 0.772. The summed E-state index contributed by atoms with van der Waals surface area (Å²) in [4.78, 5) is 5.35. The molecule has 0 radical (unpaired) electrons. The topological polar surface area (TPSA) is 37.8 Å². The molecule has 3 nitrogen and oxygen atoms in total. The lowest BCUT2D eigenvalue weighted by molar-refractivity contribution is 0.675. The van der Waals surface area contributed by atoms with Gasteiger partial charge in [0.1, 0.15) is 5.82 Å². The second-order valence-corrected chi connectivity index (χ2v) is 6.60. The van der Waals surface area contributed by atoms with Crippen molar-refractivity contribution in [1.82, 2.24) is 14.7 Å². The minimum atomic E-state index is 0.772. The molecular formula is C13H16ClN3S2. The van der Waals surface area contributed by atoms with E-state index in [9.17, 15) is 0 Å². The van der Waals surface area contributed by atoms with Gasteiger partial charge in [-0.3, -0.25) is 0 Å². The number of rotatable bonds is 6. The molecule has 0 spiro atoms. The Hall–Kier alpha value is -0.620. The quantitative estimate of drug-likeness (QED) is 0.813. The van der Waals surface area contributed by atoms with Crippen LogP contribution in [0.3, 0.4) is 0 Å². The molecule has 2 rings (SSSR count). The van der Waals surface area contributed by atoms with Crippen molar-refractivity contribution >= 4 is 34.9 Å². The van der Waals surface area contributed by atoms with E-state index in [0.717, 1.165) is 39.6 Å². The van der Waals surface area contributed by atoms with Gasteiger partial charge < -0.3 is 5.32 Å². The summed E-state index contributed by atoms with van der Waals surface area (Å²) in [6.07, 6.45) is 1.14. The van der Waals surface area contributed by atoms with Crippen molar-refractivity contribution in [3.05, 3.63) is 34.6 Å². The van der Waals surface area contributed by atoms with E-state index in [0.29, 0.717) is 0 Å². The summed E-state index contributed by atoms with van der Waals surface area (Å²) in [6, 6.07) is 6.16. The number of aromatic nitrogens is 2. The molecule has 0 saturated carbocycles. The predicted octanol–water partition coefficient (Wildman–Crippen LogP) is 4.15. The first-order valence-corrected chi connectivity index (χ1v) is 8.13. The first kappa shape index (κ1) is 14.8. The zero-order valence-electron chi connectivity index (χ0n) is 10.9. The van der Waals surface area contributed by atoms with E-state index in [2.05, 4.69) is 27.7 Å². The second-order valence-electron chi connectivity index (χ2n) is 4.15. The third-order valence-corrected chi connectivity index (χ3v) is 4.80. The molecular weight excluding hydrogens is 298 g/mol. The third kappa shape index (κ3) is 4.45. The largest absolute Gasteiger partial charge is 0.313 e. The molecule has 1 aromatic heterocycles. The number of benzene rings is 1. The van der Waals surface area contributed by atoms with Crippen LogP contribution >= 0.6 is 34.9 Å². The Labute approximate surface area is 127 Å². The molecule has 0 unspecified atom stereocenters. The van der Waals surface area contributed by atoms with Crippen molar-refractivity contribution < 1.29 is 0 Å². The van der Waals surface area contributed by atoms with E-state index in [1.54, 1.807) is 11.8 Å². The highest BCUT2D eigenvalue weighted by Gasteiger charge is 2.07. The van der Waals surface area contributed by atoms with Crippen molar-refractivity contribution in [2.24, 2.45) is 0 Å². The standard InChI is InChI=1S/C13H16ClN3S2/c1-3-6-15-8-10-4-5-12(11(14)7-10)18-13-16-9(2)17-19-13/h4-5,7,15H,3,6,8H2,1-2H3. The highest BCUT2D eigenvalue weighted by atomic mass is 35.5. The molecule has 2 aromatic rings. The van der Waals surface area contributed by atoms with Gasteiger partial charge in [0.25, 0.3) is 0 Å². The molecule has 0 amide bonds. The van der Waals surface area contributed by atoms with Gasteiger partial charge in [-0.25, -0.2) is 4.98 Å². The molecule has 1 heterocycles. The lowest BCUT2D eigenvalue weighted by Crippen LogP contribution is -2.13. The van der Waals surface area contributed by atoms with Crippen LogP contribution in [0, 0.1) is 6.92 Å². The van der Waals surface area contributed by atoms with Crippen LogP contribution in [0.25, 0.3) is 0 Å². The minimum Gasteiger partial charge on any atom is -0.313 e. The van der Waals surface area contributed by atoms with E-state index >= 15 is 0 Å². The van der Waals surface area contributed by atoms with Gasteiger partial charge in [0.05, 0.1) is 5.02 Å². The Morgan fingerprint density at radius 1 is 1.42 bits per heavy atom. The SMILES string of the molecule is CCCNCc1ccc(Sc2nc(C)ns2)c(Cl)c1. The van der Waals surface area contributed by atoms with Crippen molar-refractivity contribution in [3.8, 4) is 0 Å². The van der Waals surface area contributed by atoms with Crippen LogP contribution < -0.4 is 5.32 Å². The molecule has 0 fully saturated rings. The fourth-order valence-corrected chi connectivity index (χ4v) is 3.49. The summed E-state index contributed by atoms with van der Waals surface area (Å²) in [5, 5.41) is 4.14. The summed E-state index contributed by atoms with van der Waals surface area (Å²) in [5.41, 5.74) is 1.20. The van der Waals surface area contributed by atoms with Crippen LogP contribution in [0.4, 0.5) is 0 Å². The van der Waals surface area contributed by atoms with Crippen molar-refractivity contribution in [1.29, 1.82) is 0 Å². The smallest absolute Gasteiger partial charge is 0.174 e. The Kier molecular flexibility index (Phi) is 5.63. The number of nitrogens with zero attached hydrogens (tertiary/aromatic N) is 2. The number of hydrogen-bond acceptors (Lipinski definition) is 5. The monoisotopic (exact) mass is 313 g/mol. The van der Waals surface area contributed by atoms with Crippen molar-refractivity contribution in [2.75, 3.05) is 6.54 Å². The molecule has 1 aromatic carbocycles. The first-order chi connectivity index (χ1) is 9.19. The van der Waals surface area contributed by atoms with Gasteiger partial charge in [-0.2, -0.15) is 4.37 Å². The molecule has 19 heavy (non-hydrogen) atoms. The maximum atomic E-state index is 6.31. The number of halogens is 1. The molecule has 0 bridgehead atoms. The van der Waals surface area contributed by atoms with Gasteiger partial charge in [0, 0.05) is 11.4 Å². The fraction of sp³-hybridized carbons (Fsp3) is 0.385. The normalized spacial score (nSPS) is 10.9. The molecule has 0 aliphatic rings.